The fraction of sp³-hybridized carbons (Fsp3) is 0.250. The molecule has 3 atom stereocenters. The Labute approximate surface area is 165 Å². The van der Waals surface area contributed by atoms with Gasteiger partial charge in [0, 0.05) is 0 Å². The lowest BCUT2D eigenvalue weighted by Crippen LogP contribution is -2.39. The SMILES string of the molecule is O[C@@H]1[C@H](O)CO[C@H]1COC(c1ccccc1)(c1ccccc1)c1ccccc1. The Balaban J connectivity index is 1.81. The summed E-state index contributed by atoms with van der Waals surface area (Å²) in [5.41, 5.74) is 2.10. The molecule has 1 aliphatic rings. The fourth-order valence-corrected chi connectivity index (χ4v) is 3.79. The smallest absolute Gasteiger partial charge is 0.143 e. The summed E-state index contributed by atoms with van der Waals surface area (Å²) in [7, 11) is 0. The lowest BCUT2D eigenvalue weighted by atomic mass is 9.80. The van der Waals surface area contributed by atoms with E-state index in [9.17, 15) is 10.2 Å². The molecule has 0 bridgehead atoms. The van der Waals surface area contributed by atoms with Gasteiger partial charge in [0.15, 0.2) is 0 Å². The number of ether oxygens (including phenoxy) is 2. The van der Waals surface area contributed by atoms with E-state index in [2.05, 4.69) is 0 Å². The highest BCUT2D eigenvalue weighted by Crippen LogP contribution is 2.40. The van der Waals surface area contributed by atoms with Crippen LogP contribution in [0.3, 0.4) is 0 Å². The second kappa shape index (κ2) is 8.25. The van der Waals surface area contributed by atoms with Crippen molar-refractivity contribution in [3.05, 3.63) is 108 Å². The third kappa shape index (κ3) is 3.48. The average Bonchev–Trinajstić information content (AvgIpc) is 3.09. The first-order valence-electron chi connectivity index (χ1n) is 9.50. The van der Waals surface area contributed by atoms with Gasteiger partial charge in [-0.2, -0.15) is 0 Å². The van der Waals surface area contributed by atoms with Gasteiger partial charge in [-0.05, 0) is 16.7 Å². The number of benzene rings is 3. The summed E-state index contributed by atoms with van der Waals surface area (Å²) in [5.74, 6) is 0. The maximum atomic E-state index is 10.2. The summed E-state index contributed by atoms with van der Waals surface area (Å²) in [6, 6.07) is 30.1. The Morgan fingerprint density at radius 2 is 1.18 bits per heavy atom. The lowest BCUT2D eigenvalue weighted by molar-refractivity contribution is -0.0725. The highest BCUT2D eigenvalue weighted by Gasteiger charge is 2.41. The molecule has 0 unspecified atom stereocenters. The Bertz CT molecular complexity index is 770. The van der Waals surface area contributed by atoms with Crippen LogP contribution >= 0.6 is 0 Å². The molecule has 0 spiro atoms. The summed E-state index contributed by atoms with van der Waals surface area (Å²) in [4.78, 5) is 0. The lowest BCUT2D eigenvalue weighted by Gasteiger charge is -2.37. The Kier molecular flexibility index (Phi) is 5.55. The molecule has 2 N–H and O–H groups in total. The average molecular weight is 376 g/mol. The van der Waals surface area contributed by atoms with E-state index in [0.717, 1.165) is 16.7 Å². The van der Waals surface area contributed by atoms with Crippen LogP contribution in [0.25, 0.3) is 0 Å². The van der Waals surface area contributed by atoms with Crippen molar-refractivity contribution in [2.24, 2.45) is 0 Å². The van der Waals surface area contributed by atoms with Crippen LogP contribution in [0, 0.1) is 0 Å². The molecular formula is C24H24O4. The van der Waals surface area contributed by atoms with Gasteiger partial charge in [0.25, 0.3) is 0 Å². The van der Waals surface area contributed by atoms with Gasteiger partial charge in [0.05, 0.1) is 13.2 Å². The molecule has 4 nitrogen and oxygen atoms in total. The number of hydrogen-bond acceptors (Lipinski definition) is 4. The van der Waals surface area contributed by atoms with Gasteiger partial charge in [-0.25, -0.2) is 0 Å². The quantitative estimate of drug-likeness (QED) is 0.649. The molecule has 3 aromatic carbocycles. The predicted molar refractivity (Wildman–Crippen MR) is 107 cm³/mol. The minimum absolute atomic E-state index is 0.115. The standard InChI is InChI=1S/C24H24O4/c25-21-16-27-22(23(21)26)17-28-24(18-10-4-1-5-11-18,19-12-6-2-7-13-19)20-14-8-3-9-15-20/h1-15,21-23,25-26H,16-17H2/t21-,22+,23-/m1/s1. The largest absolute Gasteiger partial charge is 0.388 e. The third-order valence-electron chi connectivity index (χ3n) is 5.26. The van der Waals surface area contributed by atoms with E-state index in [-0.39, 0.29) is 13.2 Å². The van der Waals surface area contributed by atoms with E-state index in [1.165, 1.54) is 0 Å². The van der Waals surface area contributed by atoms with Crippen LogP contribution < -0.4 is 0 Å². The second-order valence-electron chi connectivity index (χ2n) is 7.02. The fourth-order valence-electron chi connectivity index (χ4n) is 3.79. The van der Waals surface area contributed by atoms with Crippen LogP contribution in [0.4, 0.5) is 0 Å². The van der Waals surface area contributed by atoms with Gasteiger partial charge < -0.3 is 19.7 Å². The van der Waals surface area contributed by atoms with Crippen LogP contribution in [0.5, 0.6) is 0 Å². The highest BCUT2D eigenvalue weighted by molar-refractivity contribution is 5.47. The molecule has 1 saturated heterocycles. The minimum atomic E-state index is -0.958. The first-order chi connectivity index (χ1) is 13.7. The molecule has 1 heterocycles. The Hall–Kier alpha value is -2.50. The summed E-state index contributed by atoms with van der Waals surface area (Å²) in [6.45, 7) is 0.265. The van der Waals surface area contributed by atoms with E-state index in [1.54, 1.807) is 0 Å². The van der Waals surface area contributed by atoms with Crippen molar-refractivity contribution in [3.8, 4) is 0 Å². The summed E-state index contributed by atoms with van der Waals surface area (Å²) < 4.78 is 12.1. The number of aliphatic hydroxyl groups is 2. The zero-order valence-electron chi connectivity index (χ0n) is 15.5. The monoisotopic (exact) mass is 376 g/mol. The van der Waals surface area contributed by atoms with E-state index in [4.69, 9.17) is 9.47 Å². The molecule has 0 aromatic heterocycles. The molecule has 3 aromatic rings. The summed E-state index contributed by atoms with van der Waals surface area (Å²) >= 11 is 0. The van der Waals surface area contributed by atoms with E-state index >= 15 is 0 Å². The zero-order valence-corrected chi connectivity index (χ0v) is 15.5. The Morgan fingerprint density at radius 1 is 0.750 bits per heavy atom. The first kappa shape index (κ1) is 18.8. The molecule has 4 heteroatoms. The van der Waals surface area contributed by atoms with Crippen LogP contribution in [-0.2, 0) is 15.1 Å². The maximum absolute atomic E-state index is 10.2. The third-order valence-corrected chi connectivity index (χ3v) is 5.26. The van der Waals surface area contributed by atoms with Crippen LogP contribution in [0.1, 0.15) is 16.7 Å². The molecule has 1 aliphatic heterocycles. The van der Waals surface area contributed by atoms with Crippen molar-refractivity contribution in [1.29, 1.82) is 0 Å². The molecular weight excluding hydrogens is 352 g/mol. The molecule has 28 heavy (non-hydrogen) atoms. The van der Waals surface area contributed by atoms with Crippen LogP contribution in [-0.4, -0.2) is 41.7 Å². The van der Waals surface area contributed by atoms with Crippen molar-refractivity contribution < 1.29 is 19.7 Å². The van der Waals surface area contributed by atoms with Crippen molar-refractivity contribution in [3.63, 3.8) is 0 Å². The van der Waals surface area contributed by atoms with Crippen LogP contribution in [0.2, 0.25) is 0 Å². The number of aliphatic hydroxyl groups excluding tert-OH is 2. The highest BCUT2D eigenvalue weighted by atomic mass is 16.6. The molecule has 144 valence electrons. The second-order valence-corrected chi connectivity index (χ2v) is 7.02. The van der Waals surface area contributed by atoms with E-state index in [1.807, 2.05) is 91.0 Å². The van der Waals surface area contributed by atoms with Gasteiger partial charge in [-0.1, -0.05) is 91.0 Å². The summed E-state index contributed by atoms with van der Waals surface area (Å²) in [5, 5.41) is 20.0. The minimum Gasteiger partial charge on any atom is -0.388 e. The molecule has 0 saturated carbocycles. The topological polar surface area (TPSA) is 58.9 Å². The van der Waals surface area contributed by atoms with Gasteiger partial charge in [0.1, 0.15) is 23.9 Å². The number of rotatable bonds is 6. The van der Waals surface area contributed by atoms with Crippen LogP contribution in [0.15, 0.2) is 91.0 Å². The van der Waals surface area contributed by atoms with Gasteiger partial charge in [-0.3, -0.25) is 0 Å². The molecule has 0 aliphatic carbocycles. The van der Waals surface area contributed by atoms with Crippen molar-refractivity contribution in [2.75, 3.05) is 13.2 Å². The maximum Gasteiger partial charge on any atom is 0.143 e. The molecule has 0 amide bonds. The van der Waals surface area contributed by atoms with Gasteiger partial charge in [-0.15, -0.1) is 0 Å². The molecule has 1 fully saturated rings. The molecule has 0 radical (unpaired) electrons. The van der Waals surface area contributed by atoms with Gasteiger partial charge >= 0.3 is 0 Å². The summed E-state index contributed by atoms with van der Waals surface area (Å²) in [6.07, 6.45) is -2.42. The van der Waals surface area contributed by atoms with Crippen molar-refractivity contribution >= 4 is 0 Å². The van der Waals surface area contributed by atoms with Crippen molar-refractivity contribution in [2.45, 2.75) is 23.9 Å². The number of hydrogen-bond donors (Lipinski definition) is 2. The zero-order chi connectivity index (χ0) is 19.4. The normalized spacial score (nSPS) is 22.3. The Morgan fingerprint density at radius 3 is 1.54 bits per heavy atom. The van der Waals surface area contributed by atoms with E-state index < -0.39 is 23.9 Å². The predicted octanol–water partition coefficient (Wildman–Crippen LogP) is 3.12. The van der Waals surface area contributed by atoms with E-state index in [0.29, 0.717) is 0 Å². The first-order valence-corrected chi connectivity index (χ1v) is 9.50. The van der Waals surface area contributed by atoms with Crippen molar-refractivity contribution in [1.82, 2.24) is 0 Å². The van der Waals surface area contributed by atoms with Gasteiger partial charge in [0.2, 0.25) is 0 Å². The molecule has 4 rings (SSSR count).